The summed E-state index contributed by atoms with van der Waals surface area (Å²) < 4.78 is 0. The number of aryl methyl sites for hydroxylation is 1. The number of unbranched alkanes of at least 4 members (excludes halogenated alkanes) is 1. The lowest BCUT2D eigenvalue weighted by molar-refractivity contribution is 0.483. The zero-order valence-electron chi connectivity index (χ0n) is 16.4. The van der Waals surface area contributed by atoms with Crippen LogP contribution in [0.5, 0.6) is 0 Å². The van der Waals surface area contributed by atoms with E-state index in [2.05, 4.69) is 63.3 Å². The van der Waals surface area contributed by atoms with Gasteiger partial charge in [-0.25, -0.2) is 0 Å². The van der Waals surface area contributed by atoms with Crippen molar-refractivity contribution in [1.29, 1.82) is 0 Å². The van der Waals surface area contributed by atoms with Crippen molar-refractivity contribution in [3.8, 4) is 0 Å². The summed E-state index contributed by atoms with van der Waals surface area (Å²) >= 11 is 0. The molecule has 0 aromatic heterocycles. The Morgan fingerprint density at radius 3 is 2.52 bits per heavy atom. The molecule has 25 heavy (non-hydrogen) atoms. The Balaban J connectivity index is 1.84. The lowest BCUT2D eigenvalue weighted by atomic mass is 9.94. The molecule has 0 fully saturated rings. The van der Waals surface area contributed by atoms with Crippen LogP contribution in [0.1, 0.15) is 76.8 Å². The third-order valence-electron chi connectivity index (χ3n) is 5.27. The highest BCUT2D eigenvalue weighted by molar-refractivity contribution is 5.98. The molecule has 0 bridgehead atoms. The Morgan fingerprint density at radius 2 is 1.88 bits per heavy atom. The van der Waals surface area contributed by atoms with Gasteiger partial charge in [0.15, 0.2) is 0 Å². The fraction of sp³-hybridized carbons (Fsp3) is 0.542. The van der Waals surface area contributed by atoms with Gasteiger partial charge in [0, 0.05) is 12.3 Å². The predicted octanol–water partition coefficient (Wildman–Crippen LogP) is 6.92. The fourth-order valence-corrected chi connectivity index (χ4v) is 3.30. The number of aliphatic imine (C=N–C) groups is 1. The molecule has 0 saturated carbocycles. The van der Waals surface area contributed by atoms with Crippen molar-refractivity contribution in [2.24, 2.45) is 10.9 Å². The average molecular weight is 338 g/mol. The van der Waals surface area contributed by atoms with E-state index in [1.807, 2.05) is 0 Å². The van der Waals surface area contributed by atoms with E-state index >= 15 is 0 Å². The molecule has 1 unspecified atom stereocenters. The molecule has 1 atom stereocenters. The summed E-state index contributed by atoms with van der Waals surface area (Å²) in [7, 11) is 0. The minimum Gasteiger partial charge on any atom is -0.289 e. The maximum atomic E-state index is 4.90. The van der Waals surface area contributed by atoms with Crippen molar-refractivity contribution in [3.63, 3.8) is 0 Å². The van der Waals surface area contributed by atoms with Crippen LogP contribution >= 0.6 is 0 Å². The summed E-state index contributed by atoms with van der Waals surface area (Å²) in [4.78, 5) is 4.90. The van der Waals surface area contributed by atoms with E-state index in [4.69, 9.17) is 4.99 Å². The van der Waals surface area contributed by atoms with Crippen molar-refractivity contribution >= 4 is 5.71 Å². The van der Waals surface area contributed by atoms with Crippen LogP contribution in [-0.4, -0.2) is 12.3 Å². The molecule has 0 radical (unpaired) electrons. The van der Waals surface area contributed by atoms with Gasteiger partial charge >= 0.3 is 0 Å². The second-order valence-corrected chi connectivity index (χ2v) is 7.30. The molecular formula is C24H35N. The molecule has 1 aliphatic rings. The van der Waals surface area contributed by atoms with Gasteiger partial charge in [0.25, 0.3) is 0 Å². The first-order valence-corrected chi connectivity index (χ1v) is 10.2. The standard InChI is InChI=1S/C24H35N/c1-4-6-10-23-15-17-24(18-16-23)20(3)25-19-21(5-2)13-14-22-11-8-7-9-12-22/h8,11-12,15-18,21H,4-7,9-10,13-14,19H2,1-3H3/b25-20+. The van der Waals surface area contributed by atoms with Gasteiger partial charge in [-0.2, -0.15) is 0 Å². The highest BCUT2D eigenvalue weighted by Gasteiger charge is 2.08. The Labute approximate surface area is 155 Å². The molecule has 136 valence electrons. The fourth-order valence-electron chi connectivity index (χ4n) is 3.30. The molecule has 0 aliphatic heterocycles. The maximum Gasteiger partial charge on any atom is 0.0420 e. The van der Waals surface area contributed by atoms with Crippen molar-refractivity contribution in [1.82, 2.24) is 0 Å². The van der Waals surface area contributed by atoms with Crippen LogP contribution in [0.15, 0.2) is 53.1 Å². The van der Waals surface area contributed by atoms with E-state index in [0.717, 1.165) is 6.54 Å². The summed E-state index contributed by atoms with van der Waals surface area (Å²) in [5.74, 6) is 0.690. The summed E-state index contributed by atoms with van der Waals surface area (Å²) in [6.45, 7) is 7.65. The number of rotatable bonds is 10. The van der Waals surface area contributed by atoms with Crippen molar-refractivity contribution in [2.75, 3.05) is 6.54 Å². The zero-order valence-corrected chi connectivity index (χ0v) is 16.4. The summed E-state index contributed by atoms with van der Waals surface area (Å²) in [5.41, 5.74) is 5.41. The van der Waals surface area contributed by atoms with E-state index in [-0.39, 0.29) is 0 Å². The zero-order chi connectivity index (χ0) is 17.9. The quantitative estimate of drug-likeness (QED) is 0.411. The van der Waals surface area contributed by atoms with Crippen molar-refractivity contribution < 1.29 is 0 Å². The largest absolute Gasteiger partial charge is 0.289 e. The normalized spacial score (nSPS) is 16.0. The molecule has 0 spiro atoms. The Kier molecular flexibility index (Phi) is 8.72. The predicted molar refractivity (Wildman–Crippen MR) is 112 cm³/mol. The van der Waals surface area contributed by atoms with E-state index < -0.39 is 0 Å². The topological polar surface area (TPSA) is 12.4 Å². The van der Waals surface area contributed by atoms with Gasteiger partial charge in [-0.3, -0.25) is 4.99 Å². The Morgan fingerprint density at radius 1 is 1.08 bits per heavy atom. The SMILES string of the molecule is CCCCc1ccc(/C(C)=N/CC(CC)CCC2=CCCC=C2)cc1. The Hall–Kier alpha value is -1.63. The van der Waals surface area contributed by atoms with Gasteiger partial charge in [0.05, 0.1) is 0 Å². The smallest absolute Gasteiger partial charge is 0.0420 e. The monoisotopic (exact) mass is 337 g/mol. The van der Waals surface area contributed by atoms with E-state index in [1.54, 1.807) is 0 Å². The molecule has 2 rings (SSSR count). The first-order valence-electron chi connectivity index (χ1n) is 10.2. The molecule has 0 saturated heterocycles. The van der Waals surface area contributed by atoms with Crippen LogP contribution in [0.2, 0.25) is 0 Å². The van der Waals surface area contributed by atoms with Gasteiger partial charge in [0.1, 0.15) is 0 Å². The number of nitrogens with zero attached hydrogens (tertiary/aromatic N) is 1. The minimum atomic E-state index is 0.690. The van der Waals surface area contributed by atoms with Crippen LogP contribution in [0, 0.1) is 5.92 Å². The van der Waals surface area contributed by atoms with Crippen LogP contribution < -0.4 is 0 Å². The average Bonchev–Trinajstić information content (AvgIpc) is 2.67. The summed E-state index contributed by atoms with van der Waals surface area (Å²) in [6, 6.07) is 9.01. The molecule has 0 N–H and O–H groups in total. The molecule has 0 amide bonds. The number of hydrogen-bond donors (Lipinski definition) is 0. The van der Waals surface area contributed by atoms with Gasteiger partial charge in [-0.05, 0) is 62.5 Å². The third kappa shape index (κ3) is 7.02. The first-order chi connectivity index (χ1) is 12.2. The summed E-state index contributed by atoms with van der Waals surface area (Å²) in [6.07, 6.45) is 16.8. The molecule has 1 heteroatoms. The Bertz CT molecular complexity index is 589. The number of benzene rings is 1. The molecule has 1 aromatic carbocycles. The van der Waals surface area contributed by atoms with Gasteiger partial charge in [-0.15, -0.1) is 0 Å². The van der Waals surface area contributed by atoms with Crippen molar-refractivity contribution in [2.45, 2.75) is 72.1 Å². The van der Waals surface area contributed by atoms with E-state index in [0.29, 0.717) is 5.92 Å². The number of hydrogen-bond acceptors (Lipinski definition) is 1. The van der Waals surface area contributed by atoms with Gasteiger partial charge < -0.3 is 0 Å². The minimum absolute atomic E-state index is 0.690. The second kappa shape index (κ2) is 11.1. The lowest BCUT2D eigenvalue weighted by Crippen LogP contribution is -2.07. The van der Waals surface area contributed by atoms with Crippen LogP contribution in [0.4, 0.5) is 0 Å². The molecule has 0 heterocycles. The van der Waals surface area contributed by atoms with Crippen molar-refractivity contribution in [3.05, 3.63) is 59.2 Å². The van der Waals surface area contributed by atoms with Crippen LogP contribution in [-0.2, 0) is 6.42 Å². The highest BCUT2D eigenvalue weighted by Crippen LogP contribution is 2.20. The maximum absolute atomic E-state index is 4.90. The van der Waals surface area contributed by atoms with Gasteiger partial charge in [0.2, 0.25) is 0 Å². The number of allylic oxidation sites excluding steroid dienone is 4. The molecule has 1 nitrogen and oxygen atoms in total. The van der Waals surface area contributed by atoms with E-state index in [1.165, 1.54) is 73.8 Å². The van der Waals surface area contributed by atoms with E-state index in [9.17, 15) is 0 Å². The molecule has 1 aromatic rings. The third-order valence-corrected chi connectivity index (χ3v) is 5.27. The van der Waals surface area contributed by atoms with Crippen LogP contribution in [0.3, 0.4) is 0 Å². The molecular weight excluding hydrogens is 302 g/mol. The molecule has 1 aliphatic carbocycles. The highest BCUT2D eigenvalue weighted by atomic mass is 14.7. The first kappa shape index (κ1) is 19.7. The van der Waals surface area contributed by atoms with Crippen LogP contribution in [0.25, 0.3) is 0 Å². The second-order valence-electron chi connectivity index (χ2n) is 7.30. The summed E-state index contributed by atoms with van der Waals surface area (Å²) in [5, 5.41) is 0. The lowest BCUT2D eigenvalue weighted by Gasteiger charge is -2.14. The van der Waals surface area contributed by atoms with Gasteiger partial charge in [-0.1, -0.05) is 74.8 Å².